The molecule has 0 aliphatic heterocycles. The lowest BCUT2D eigenvalue weighted by molar-refractivity contribution is 0.0999. The van der Waals surface area contributed by atoms with Gasteiger partial charge in [-0.1, -0.05) is 24.3 Å². The highest BCUT2D eigenvalue weighted by atomic mass is 16.5. The highest BCUT2D eigenvalue weighted by Gasteiger charge is 2.13. The quantitative estimate of drug-likeness (QED) is 0.722. The largest absolute Gasteiger partial charge is 0.504 e. The molecule has 0 aromatic heterocycles. The number of hydrogen-bond donors (Lipinski definition) is 2. The lowest BCUT2D eigenvalue weighted by Gasteiger charge is -2.11. The zero-order chi connectivity index (χ0) is 17.3. The van der Waals surface area contributed by atoms with Crippen molar-refractivity contribution in [1.82, 2.24) is 0 Å². The van der Waals surface area contributed by atoms with E-state index in [0.29, 0.717) is 17.2 Å². The lowest BCUT2D eigenvalue weighted by Crippen LogP contribution is -2.10. The van der Waals surface area contributed by atoms with Gasteiger partial charge in [0.25, 0.3) is 0 Å². The highest BCUT2D eigenvalue weighted by Crippen LogP contribution is 2.37. The number of amides is 1. The van der Waals surface area contributed by atoms with Gasteiger partial charge in [0.1, 0.15) is 0 Å². The molecule has 3 N–H and O–H groups in total. The van der Waals surface area contributed by atoms with Crippen LogP contribution in [0, 0.1) is 0 Å². The second-order valence-electron chi connectivity index (χ2n) is 5.34. The summed E-state index contributed by atoms with van der Waals surface area (Å²) in [6.45, 7) is 0. The van der Waals surface area contributed by atoms with Crippen molar-refractivity contribution >= 4 is 23.0 Å². The molecule has 0 bridgehead atoms. The third kappa shape index (κ3) is 2.56. The fourth-order valence-electron chi connectivity index (χ4n) is 2.68. The van der Waals surface area contributed by atoms with E-state index in [1.54, 1.807) is 36.4 Å². The van der Waals surface area contributed by atoms with Crippen LogP contribution in [-0.2, 0) is 0 Å². The molecule has 0 spiro atoms. The van der Waals surface area contributed by atoms with E-state index in [1.165, 1.54) is 7.11 Å². The topological polar surface area (TPSA) is 89.6 Å². The van der Waals surface area contributed by atoms with Crippen molar-refractivity contribution in [3.05, 3.63) is 59.7 Å². The summed E-state index contributed by atoms with van der Waals surface area (Å²) in [6.07, 6.45) is 0.613. The summed E-state index contributed by atoms with van der Waals surface area (Å²) in [6, 6.07) is 14.1. The molecule has 3 aromatic rings. The van der Waals surface area contributed by atoms with Crippen LogP contribution in [0.25, 0.3) is 21.9 Å². The van der Waals surface area contributed by atoms with Crippen LogP contribution < -0.4 is 10.5 Å². The van der Waals surface area contributed by atoms with Gasteiger partial charge in [-0.3, -0.25) is 9.59 Å². The molecule has 1 amide bonds. The summed E-state index contributed by atoms with van der Waals surface area (Å²) in [7, 11) is 1.43. The van der Waals surface area contributed by atoms with Crippen LogP contribution in [0.4, 0.5) is 0 Å². The predicted octanol–water partition coefficient (Wildman–Crippen LogP) is 3.13. The molecule has 0 unspecified atom stereocenters. The number of carbonyl (C=O) groups excluding carboxylic acids is 2. The van der Waals surface area contributed by atoms with Crippen LogP contribution >= 0.6 is 0 Å². The SMILES string of the molecule is COc1cc2cc(-c3ccc(C(N)=O)cc3)ccc2c(C=O)c1O. The van der Waals surface area contributed by atoms with Crippen molar-refractivity contribution in [3.63, 3.8) is 0 Å². The van der Waals surface area contributed by atoms with E-state index in [2.05, 4.69) is 0 Å². The van der Waals surface area contributed by atoms with E-state index in [1.807, 2.05) is 12.1 Å². The number of benzene rings is 3. The standard InChI is InChI=1S/C19H15NO4/c1-24-17-9-14-8-13(6-7-15(14)16(10-21)18(17)22)11-2-4-12(5-3-11)19(20)23/h2-10,22H,1H3,(H2,20,23). The number of aldehydes is 1. The minimum Gasteiger partial charge on any atom is -0.504 e. The van der Waals surface area contributed by atoms with Gasteiger partial charge in [0.05, 0.1) is 12.7 Å². The Morgan fingerprint density at radius 2 is 1.75 bits per heavy atom. The maximum Gasteiger partial charge on any atom is 0.248 e. The first-order chi connectivity index (χ1) is 11.5. The molecule has 0 radical (unpaired) electrons. The molecule has 0 atom stereocenters. The average Bonchev–Trinajstić information content (AvgIpc) is 2.61. The van der Waals surface area contributed by atoms with Gasteiger partial charge < -0.3 is 15.6 Å². The number of fused-ring (bicyclic) bond motifs is 1. The van der Waals surface area contributed by atoms with Crippen molar-refractivity contribution in [2.75, 3.05) is 7.11 Å². The van der Waals surface area contributed by atoms with E-state index < -0.39 is 5.91 Å². The number of ether oxygens (including phenoxy) is 1. The van der Waals surface area contributed by atoms with E-state index in [4.69, 9.17) is 10.5 Å². The Labute approximate surface area is 138 Å². The fraction of sp³-hybridized carbons (Fsp3) is 0.0526. The molecule has 0 aliphatic carbocycles. The van der Waals surface area contributed by atoms with Crippen molar-refractivity contribution in [3.8, 4) is 22.6 Å². The van der Waals surface area contributed by atoms with Gasteiger partial charge in [0, 0.05) is 5.56 Å². The summed E-state index contributed by atoms with van der Waals surface area (Å²) in [5.41, 5.74) is 7.69. The Kier molecular flexibility index (Phi) is 3.92. The molecule has 0 aliphatic rings. The Morgan fingerprint density at radius 1 is 1.08 bits per heavy atom. The van der Waals surface area contributed by atoms with E-state index >= 15 is 0 Å². The zero-order valence-corrected chi connectivity index (χ0v) is 12.9. The van der Waals surface area contributed by atoms with E-state index in [0.717, 1.165) is 16.5 Å². The maximum atomic E-state index is 11.3. The molecule has 5 nitrogen and oxygen atoms in total. The van der Waals surface area contributed by atoms with Crippen molar-refractivity contribution in [2.45, 2.75) is 0 Å². The first kappa shape index (κ1) is 15.6. The van der Waals surface area contributed by atoms with Crippen LogP contribution in [0.1, 0.15) is 20.7 Å². The number of nitrogens with two attached hydrogens (primary N) is 1. The number of phenolic OH excluding ortho intramolecular Hbond substituents is 1. The van der Waals surface area contributed by atoms with Gasteiger partial charge in [0.2, 0.25) is 5.91 Å². The summed E-state index contributed by atoms with van der Waals surface area (Å²) in [5.74, 6) is -0.403. The maximum absolute atomic E-state index is 11.3. The number of phenols is 1. The van der Waals surface area contributed by atoms with Crippen molar-refractivity contribution in [1.29, 1.82) is 0 Å². The smallest absolute Gasteiger partial charge is 0.248 e. The van der Waals surface area contributed by atoms with Gasteiger partial charge in [0.15, 0.2) is 17.8 Å². The number of primary amides is 1. The third-order valence-electron chi connectivity index (χ3n) is 3.96. The molecular weight excluding hydrogens is 306 g/mol. The summed E-state index contributed by atoms with van der Waals surface area (Å²) < 4.78 is 5.12. The Hall–Kier alpha value is -3.34. The Bertz CT molecular complexity index is 946. The van der Waals surface area contributed by atoms with Gasteiger partial charge >= 0.3 is 0 Å². The van der Waals surface area contributed by atoms with Crippen LogP contribution in [0.5, 0.6) is 11.5 Å². The number of aromatic hydroxyl groups is 1. The van der Waals surface area contributed by atoms with Crippen molar-refractivity contribution < 1.29 is 19.4 Å². The first-order valence-electron chi connectivity index (χ1n) is 7.24. The van der Waals surface area contributed by atoms with Gasteiger partial charge in [-0.25, -0.2) is 0 Å². The lowest BCUT2D eigenvalue weighted by atomic mass is 9.97. The molecule has 0 saturated carbocycles. The fourth-order valence-corrected chi connectivity index (χ4v) is 2.68. The predicted molar refractivity (Wildman–Crippen MR) is 91.5 cm³/mol. The molecule has 0 fully saturated rings. The van der Waals surface area contributed by atoms with Crippen LogP contribution in [0.3, 0.4) is 0 Å². The second-order valence-corrected chi connectivity index (χ2v) is 5.34. The van der Waals surface area contributed by atoms with Crippen LogP contribution in [-0.4, -0.2) is 24.4 Å². The van der Waals surface area contributed by atoms with Crippen LogP contribution in [0.15, 0.2) is 48.5 Å². The molecular formula is C19H15NO4. The second kappa shape index (κ2) is 6.04. The third-order valence-corrected chi connectivity index (χ3v) is 3.96. The molecule has 3 rings (SSSR count). The van der Waals surface area contributed by atoms with Gasteiger partial charge in [-0.15, -0.1) is 0 Å². The normalized spacial score (nSPS) is 10.5. The van der Waals surface area contributed by atoms with Crippen molar-refractivity contribution in [2.24, 2.45) is 5.73 Å². The summed E-state index contributed by atoms with van der Waals surface area (Å²) in [4.78, 5) is 22.5. The van der Waals surface area contributed by atoms with Gasteiger partial charge in [-0.2, -0.15) is 0 Å². The first-order valence-corrected chi connectivity index (χ1v) is 7.24. The molecule has 0 saturated heterocycles. The molecule has 24 heavy (non-hydrogen) atoms. The number of methoxy groups -OCH3 is 1. The number of carbonyl (C=O) groups is 2. The Balaban J connectivity index is 2.16. The molecule has 5 heteroatoms. The molecule has 0 heterocycles. The number of rotatable bonds is 4. The van der Waals surface area contributed by atoms with E-state index in [-0.39, 0.29) is 17.1 Å². The van der Waals surface area contributed by atoms with Gasteiger partial charge in [-0.05, 0) is 46.2 Å². The van der Waals surface area contributed by atoms with Crippen LogP contribution in [0.2, 0.25) is 0 Å². The Morgan fingerprint density at radius 3 is 2.33 bits per heavy atom. The molecule has 120 valence electrons. The monoisotopic (exact) mass is 321 g/mol. The minimum atomic E-state index is -0.476. The summed E-state index contributed by atoms with van der Waals surface area (Å²) >= 11 is 0. The average molecular weight is 321 g/mol. The highest BCUT2D eigenvalue weighted by molar-refractivity contribution is 6.03. The summed E-state index contributed by atoms with van der Waals surface area (Å²) in [5, 5.41) is 11.5. The minimum absolute atomic E-state index is 0.168. The zero-order valence-electron chi connectivity index (χ0n) is 12.9. The number of hydrogen-bond acceptors (Lipinski definition) is 4. The van der Waals surface area contributed by atoms with E-state index in [9.17, 15) is 14.7 Å². The molecule has 3 aromatic carbocycles.